The number of nitrogens with one attached hydrogen (secondary N) is 1. The van der Waals surface area contributed by atoms with Gasteiger partial charge in [-0.3, -0.25) is 14.9 Å². The maximum Gasteiger partial charge on any atom is 0.416 e. The summed E-state index contributed by atoms with van der Waals surface area (Å²) < 4.78 is 68.6. The van der Waals surface area contributed by atoms with Gasteiger partial charge in [0.1, 0.15) is 4.90 Å². The Bertz CT molecular complexity index is 1440. The molecule has 36 heavy (non-hydrogen) atoms. The van der Waals surface area contributed by atoms with Gasteiger partial charge in [0.25, 0.3) is 5.69 Å². The molecule has 0 unspecified atom stereocenters. The molecular formula is C22H15BrF3N3O6S. The fraction of sp³-hybridized carbons (Fsp3) is 0.0909. The number of hydrogen-bond donors (Lipinski definition) is 1. The van der Waals surface area contributed by atoms with Gasteiger partial charge in [0.05, 0.1) is 27.6 Å². The largest absolute Gasteiger partial charge is 0.416 e. The molecule has 0 aliphatic rings. The number of benzene rings is 3. The molecule has 0 aliphatic heterocycles. The number of non-ortho nitro benzene ring substituents is 1. The molecule has 0 atom stereocenters. The van der Waals surface area contributed by atoms with Crippen molar-refractivity contribution in [2.45, 2.75) is 17.5 Å². The van der Waals surface area contributed by atoms with Crippen molar-refractivity contribution in [3.8, 4) is 5.75 Å². The highest BCUT2D eigenvalue weighted by Crippen LogP contribution is 2.30. The first-order valence-corrected chi connectivity index (χ1v) is 12.0. The van der Waals surface area contributed by atoms with Gasteiger partial charge in [0.2, 0.25) is 5.91 Å². The SMILES string of the molecule is O=C(Cc1cccc(C(F)(F)F)c1)N/N=C\c1ccc(OS(=O)(=O)c2cccc([N+](=O)[O-])c2)c(Br)c1. The summed E-state index contributed by atoms with van der Waals surface area (Å²) in [7, 11) is -4.37. The zero-order chi connectivity index (χ0) is 26.5. The zero-order valence-corrected chi connectivity index (χ0v) is 20.3. The van der Waals surface area contributed by atoms with Gasteiger partial charge >= 0.3 is 16.3 Å². The quantitative estimate of drug-likeness (QED) is 0.174. The van der Waals surface area contributed by atoms with E-state index in [2.05, 4.69) is 26.5 Å². The van der Waals surface area contributed by atoms with Gasteiger partial charge in [-0.05, 0) is 57.4 Å². The molecule has 188 valence electrons. The number of nitro groups is 1. The summed E-state index contributed by atoms with van der Waals surface area (Å²) in [6.07, 6.45) is -3.62. The zero-order valence-electron chi connectivity index (χ0n) is 17.9. The Kier molecular flexibility index (Phi) is 8.10. The first-order chi connectivity index (χ1) is 16.8. The second-order valence-corrected chi connectivity index (χ2v) is 9.55. The van der Waals surface area contributed by atoms with Gasteiger partial charge in [-0.25, -0.2) is 5.43 Å². The van der Waals surface area contributed by atoms with Gasteiger partial charge in [0, 0.05) is 12.1 Å². The van der Waals surface area contributed by atoms with Crippen LogP contribution in [-0.4, -0.2) is 25.5 Å². The second-order valence-electron chi connectivity index (χ2n) is 7.15. The van der Waals surface area contributed by atoms with E-state index in [-0.39, 0.29) is 22.2 Å². The highest BCUT2D eigenvalue weighted by atomic mass is 79.9. The Morgan fingerprint density at radius 3 is 2.50 bits per heavy atom. The Labute approximate surface area is 211 Å². The average molecular weight is 586 g/mol. The van der Waals surface area contributed by atoms with E-state index in [0.717, 1.165) is 30.3 Å². The number of amides is 1. The molecule has 9 nitrogen and oxygen atoms in total. The number of nitro benzene ring substituents is 1. The molecule has 0 heterocycles. The average Bonchev–Trinajstić information content (AvgIpc) is 2.80. The molecule has 0 saturated carbocycles. The first kappa shape index (κ1) is 26.8. The van der Waals surface area contributed by atoms with Crippen molar-refractivity contribution in [1.29, 1.82) is 0 Å². The normalized spacial score (nSPS) is 11.9. The number of carbonyl (C=O) groups excluding carboxylic acids is 1. The molecule has 0 saturated heterocycles. The molecule has 0 aliphatic carbocycles. The standard InChI is InChI=1S/C22H15BrF3N3O6S/c23-19-10-15(13-27-28-21(30)11-14-3-1-4-16(9-14)22(24,25)26)7-8-20(19)35-36(33,34)18-6-2-5-17(12-18)29(31)32/h1-10,12-13H,11H2,(H,28,30)/b27-13-. The van der Waals surface area contributed by atoms with E-state index in [1.165, 1.54) is 42.6 Å². The van der Waals surface area contributed by atoms with Crippen LogP contribution in [-0.2, 0) is 27.5 Å². The summed E-state index contributed by atoms with van der Waals surface area (Å²) in [5.41, 5.74) is 1.49. The number of hydrazone groups is 1. The number of alkyl halides is 3. The molecule has 0 bridgehead atoms. The van der Waals surface area contributed by atoms with Crippen LogP contribution in [0.5, 0.6) is 5.75 Å². The maximum atomic E-state index is 12.8. The third kappa shape index (κ3) is 7.11. The van der Waals surface area contributed by atoms with E-state index in [9.17, 15) is 36.5 Å². The van der Waals surface area contributed by atoms with Crippen LogP contribution in [0, 0.1) is 10.1 Å². The van der Waals surface area contributed by atoms with E-state index in [0.29, 0.717) is 5.56 Å². The molecule has 3 aromatic rings. The first-order valence-electron chi connectivity index (χ1n) is 9.82. The number of nitrogens with zero attached hydrogens (tertiary/aromatic N) is 2. The Hall–Kier alpha value is -3.78. The third-order valence-electron chi connectivity index (χ3n) is 4.49. The van der Waals surface area contributed by atoms with Crippen molar-refractivity contribution >= 4 is 43.9 Å². The minimum atomic E-state index is -4.52. The van der Waals surface area contributed by atoms with Gasteiger partial charge in [-0.15, -0.1) is 0 Å². The lowest BCUT2D eigenvalue weighted by molar-refractivity contribution is -0.385. The highest BCUT2D eigenvalue weighted by Gasteiger charge is 2.30. The lowest BCUT2D eigenvalue weighted by Crippen LogP contribution is -2.20. The van der Waals surface area contributed by atoms with Gasteiger partial charge < -0.3 is 4.18 Å². The van der Waals surface area contributed by atoms with Crippen LogP contribution in [0.3, 0.4) is 0 Å². The monoisotopic (exact) mass is 585 g/mol. The van der Waals surface area contributed by atoms with E-state index in [1.54, 1.807) is 0 Å². The topological polar surface area (TPSA) is 128 Å². The van der Waals surface area contributed by atoms with Crippen molar-refractivity contribution in [3.05, 3.63) is 98.0 Å². The minimum Gasteiger partial charge on any atom is -0.378 e. The van der Waals surface area contributed by atoms with Crippen molar-refractivity contribution < 1.29 is 35.5 Å². The van der Waals surface area contributed by atoms with Crippen LogP contribution < -0.4 is 9.61 Å². The lowest BCUT2D eigenvalue weighted by atomic mass is 10.1. The van der Waals surface area contributed by atoms with Crippen molar-refractivity contribution in [2.75, 3.05) is 0 Å². The highest BCUT2D eigenvalue weighted by molar-refractivity contribution is 9.10. The minimum absolute atomic E-state index is 0.104. The molecule has 14 heteroatoms. The third-order valence-corrected chi connectivity index (χ3v) is 6.34. The second kappa shape index (κ2) is 10.9. The molecule has 0 radical (unpaired) electrons. The molecule has 0 spiro atoms. The molecule has 3 aromatic carbocycles. The van der Waals surface area contributed by atoms with Crippen molar-refractivity contribution in [2.24, 2.45) is 5.10 Å². The number of rotatable bonds is 8. The van der Waals surface area contributed by atoms with E-state index >= 15 is 0 Å². The van der Waals surface area contributed by atoms with Crippen LogP contribution >= 0.6 is 15.9 Å². The van der Waals surface area contributed by atoms with E-state index in [4.69, 9.17) is 4.18 Å². The lowest BCUT2D eigenvalue weighted by Gasteiger charge is -2.09. The predicted octanol–water partition coefficient (Wildman–Crippen LogP) is 4.84. The van der Waals surface area contributed by atoms with Crippen molar-refractivity contribution in [1.82, 2.24) is 5.43 Å². The number of halogens is 4. The Morgan fingerprint density at radius 1 is 1.11 bits per heavy atom. The maximum absolute atomic E-state index is 12.8. The summed E-state index contributed by atoms with van der Waals surface area (Å²) in [5, 5.41) is 14.6. The smallest absolute Gasteiger partial charge is 0.378 e. The van der Waals surface area contributed by atoms with Gasteiger partial charge in [-0.2, -0.15) is 26.7 Å². The van der Waals surface area contributed by atoms with E-state index < -0.39 is 43.3 Å². The summed E-state index contributed by atoms with van der Waals surface area (Å²) in [4.78, 5) is 21.7. The van der Waals surface area contributed by atoms with Crippen LogP contribution in [0.1, 0.15) is 16.7 Å². The van der Waals surface area contributed by atoms with Crippen molar-refractivity contribution in [3.63, 3.8) is 0 Å². The fourth-order valence-corrected chi connectivity index (χ4v) is 4.42. The van der Waals surface area contributed by atoms with Gasteiger partial charge in [-0.1, -0.05) is 24.3 Å². The molecule has 1 N–H and O–H groups in total. The molecular weight excluding hydrogens is 571 g/mol. The van der Waals surface area contributed by atoms with Crippen LogP contribution in [0.25, 0.3) is 0 Å². The summed E-state index contributed by atoms with van der Waals surface area (Å²) in [6, 6.07) is 12.9. The van der Waals surface area contributed by atoms with Crippen LogP contribution in [0.2, 0.25) is 0 Å². The van der Waals surface area contributed by atoms with Crippen LogP contribution in [0.4, 0.5) is 18.9 Å². The molecule has 3 rings (SSSR count). The van der Waals surface area contributed by atoms with Gasteiger partial charge in [0.15, 0.2) is 5.75 Å². The van der Waals surface area contributed by atoms with Crippen LogP contribution in [0.15, 0.2) is 81.2 Å². The molecule has 1 amide bonds. The Balaban J connectivity index is 1.64. The fourth-order valence-electron chi connectivity index (χ4n) is 2.85. The predicted molar refractivity (Wildman–Crippen MR) is 126 cm³/mol. The number of carbonyl (C=O) groups is 1. The summed E-state index contributed by atoms with van der Waals surface area (Å²) in [6.45, 7) is 0. The Morgan fingerprint density at radius 2 is 1.83 bits per heavy atom. The molecule has 0 fully saturated rings. The summed E-state index contributed by atoms with van der Waals surface area (Å²) >= 11 is 3.16. The van der Waals surface area contributed by atoms with E-state index in [1.807, 2.05) is 0 Å². The molecule has 0 aromatic heterocycles. The summed E-state index contributed by atoms with van der Waals surface area (Å²) in [5.74, 6) is -0.750. The number of hydrogen-bond acceptors (Lipinski definition) is 7.